The Bertz CT molecular complexity index is 947. The summed E-state index contributed by atoms with van der Waals surface area (Å²) in [6.45, 7) is 14.8. The molecule has 2 aromatic carbocycles. The minimum absolute atomic E-state index is 0.227. The molecule has 30 heavy (non-hydrogen) atoms. The quantitative estimate of drug-likeness (QED) is 0.445. The largest absolute Gasteiger partial charge is 0.386 e. The third kappa shape index (κ3) is 5.30. The first kappa shape index (κ1) is 22.1. The first-order chi connectivity index (χ1) is 14.4. The highest BCUT2D eigenvalue weighted by Crippen LogP contribution is 2.36. The molecule has 0 spiro atoms. The summed E-state index contributed by atoms with van der Waals surface area (Å²) in [5, 5.41) is 3.42. The molecule has 158 valence electrons. The van der Waals surface area contributed by atoms with E-state index in [2.05, 4.69) is 81.7 Å². The van der Waals surface area contributed by atoms with Crippen molar-refractivity contribution >= 4 is 11.1 Å². The average Bonchev–Trinajstić information content (AvgIpc) is 2.70. The zero-order chi connectivity index (χ0) is 21.7. The minimum Gasteiger partial charge on any atom is -0.386 e. The van der Waals surface area contributed by atoms with Gasteiger partial charge in [0.2, 0.25) is 0 Å². The molecule has 2 heteroatoms. The van der Waals surface area contributed by atoms with Gasteiger partial charge in [0, 0.05) is 18.2 Å². The van der Waals surface area contributed by atoms with Gasteiger partial charge in [-0.2, -0.15) is 0 Å². The molecule has 0 heterocycles. The zero-order valence-corrected chi connectivity index (χ0v) is 18.7. The molecule has 0 radical (unpaired) electrons. The number of alkyl halides is 1. The van der Waals surface area contributed by atoms with Crippen molar-refractivity contribution in [2.24, 2.45) is 0 Å². The Balaban J connectivity index is 1.80. The second-order valence-corrected chi connectivity index (χ2v) is 8.67. The Labute approximate surface area is 181 Å². The van der Waals surface area contributed by atoms with Gasteiger partial charge in [-0.25, -0.2) is 0 Å². The highest BCUT2D eigenvalue weighted by molar-refractivity contribution is 5.89. The monoisotopic (exact) mass is 403 g/mol. The van der Waals surface area contributed by atoms with Gasteiger partial charge in [-0.1, -0.05) is 55.6 Å². The fraction of sp³-hybridized carbons (Fsp3) is 0.357. The zero-order valence-electron chi connectivity index (χ0n) is 18.7. The number of unbranched alkanes of at least 4 members (excludes halogenated alkanes) is 1. The fourth-order valence-corrected chi connectivity index (χ4v) is 4.24. The Morgan fingerprint density at radius 2 is 1.83 bits per heavy atom. The van der Waals surface area contributed by atoms with Crippen LogP contribution in [0.3, 0.4) is 0 Å². The Hall–Kier alpha value is -2.61. The molecule has 1 aliphatic carbocycles. The van der Waals surface area contributed by atoms with Crippen molar-refractivity contribution in [2.75, 3.05) is 6.67 Å². The summed E-state index contributed by atoms with van der Waals surface area (Å²) >= 11 is 0. The number of allylic oxidation sites excluding steroid dienone is 4. The summed E-state index contributed by atoms with van der Waals surface area (Å²) in [6.07, 6.45) is 6.47. The molecule has 0 bridgehead atoms. The molecule has 0 saturated heterocycles. The van der Waals surface area contributed by atoms with Crippen LogP contribution in [0.5, 0.6) is 0 Å². The number of nitrogens with one attached hydrogen (secondary N) is 1. The highest BCUT2D eigenvalue weighted by Gasteiger charge is 2.19. The normalized spacial score (nSPS) is 13.2. The van der Waals surface area contributed by atoms with E-state index in [4.69, 9.17) is 0 Å². The second kappa shape index (κ2) is 9.93. The molecule has 0 unspecified atom stereocenters. The Kier molecular flexibility index (Phi) is 7.31. The van der Waals surface area contributed by atoms with E-state index >= 15 is 0 Å². The van der Waals surface area contributed by atoms with E-state index in [1.54, 1.807) is 0 Å². The second-order valence-electron chi connectivity index (χ2n) is 8.67. The molecule has 0 atom stereocenters. The van der Waals surface area contributed by atoms with Gasteiger partial charge in [-0.05, 0) is 91.0 Å². The standard InChI is InChI=1S/C28H34FN/c1-19(2)30-21(4)17-25-13-14-27-20(3)16-26(18-28(27)22(25)5)24-11-9-23(10-12-24)8-6-7-15-29/h9-14,16,19,30H,3-4,6-8,15,17-18H2,1-2,5H3. The maximum Gasteiger partial charge on any atom is 0.0894 e. The predicted molar refractivity (Wildman–Crippen MR) is 128 cm³/mol. The maximum atomic E-state index is 12.3. The van der Waals surface area contributed by atoms with Gasteiger partial charge in [0.1, 0.15) is 0 Å². The van der Waals surface area contributed by atoms with Crippen LogP contribution in [0.2, 0.25) is 0 Å². The molecular formula is C28H34FN. The summed E-state index contributed by atoms with van der Waals surface area (Å²) in [5.41, 5.74) is 11.3. The van der Waals surface area contributed by atoms with Crippen molar-refractivity contribution in [3.63, 3.8) is 0 Å². The number of halogens is 1. The van der Waals surface area contributed by atoms with E-state index < -0.39 is 0 Å². The molecule has 0 aliphatic heterocycles. The number of benzene rings is 2. The maximum absolute atomic E-state index is 12.3. The third-order valence-corrected chi connectivity index (χ3v) is 5.84. The van der Waals surface area contributed by atoms with Gasteiger partial charge in [0.15, 0.2) is 0 Å². The smallest absolute Gasteiger partial charge is 0.0894 e. The summed E-state index contributed by atoms with van der Waals surface area (Å²) < 4.78 is 12.3. The lowest BCUT2D eigenvalue weighted by molar-refractivity contribution is 0.462. The third-order valence-electron chi connectivity index (χ3n) is 5.84. The number of rotatable bonds is 9. The van der Waals surface area contributed by atoms with Crippen molar-refractivity contribution in [2.45, 2.75) is 58.9 Å². The van der Waals surface area contributed by atoms with Crippen LogP contribution in [0.4, 0.5) is 4.39 Å². The summed E-state index contributed by atoms with van der Waals surface area (Å²) in [5.74, 6) is 0. The van der Waals surface area contributed by atoms with Gasteiger partial charge < -0.3 is 5.32 Å². The highest BCUT2D eigenvalue weighted by atomic mass is 19.1. The van der Waals surface area contributed by atoms with Crippen molar-refractivity contribution in [1.82, 2.24) is 5.32 Å². The van der Waals surface area contributed by atoms with E-state index in [1.807, 2.05) is 0 Å². The van der Waals surface area contributed by atoms with E-state index in [1.165, 1.54) is 39.0 Å². The lowest BCUT2D eigenvalue weighted by Crippen LogP contribution is -2.22. The van der Waals surface area contributed by atoms with E-state index in [-0.39, 0.29) is 6.67 Å². The van der Waals surface area contributed by atoms with E-state index in [0.717, 1.165) is 37.0 Å². The Morgan fingerprint density at radius 3 is 2.50 bits per heavy atom. The summed E-state index contributed by atoms with van der Waals surface area (Å²) in [6, 6.07) is 13.6. The van der Waals surface area contributed by atoms with Crippen LogP contribution in [-0.4, -0.2) is 12.7 Å². The van der Waals surface area contributed by atoms with Crippen LogP contribution in [0.15, 0.2) is 61.3 Å². The van der Waals surface area contributed by atoms with Crippen LogP contribution in [0.1, 0.15) is 60.1 Å². The van der Waals surface area contributed by atoms with Crippen LogP contribution < -0.4 is 5.32 Å². The van der Waals surface area contributed by atoms with Gasteiger partial charge in [0.05, 0.1) is 6.67 Å². The summed E-state index contributed by atoms with van der Waals surface area (Å²) in [4.78, 5) is 0. The average molecular weight is 404 g/mol. The van der Waals surface area contributed by atoms with Crippen molar-refractivity contribution < 1.29 is 4.39 Å². The van der Waals surface area contributed by atoms with Gasteiger partial charge in [-0.15, -0.1) is 0 Å². The van der Waals surface area contributed by atoms with Gasteiger partial charge in [-0.3, -0.25) is 4.39 Å². The van der Waals surface area contributed by atoms with Crippen LogP contribution in [0.25, 0.3) is 11.1 Å². The molecule has 0 saturated carbocycles. The van der Waals surface area contributed by atoms with Crippen molar-refractivity contribution in [1.29, 1.82) is 0 Å². The van der Waals surface area contributed by atoms with Crippen LogP contribution >= 0.6 is 0 Å². The molecule has 2 aromatic rings. The first-order valence-corrected chi connectivity index (χ1v) is 11.0. The predicted octanol–water partition coefficient (Wildman–Crippen LogP) is 6.99. The van der Waals surface area contributed by atoms with Crippen LogP contribution in [0, 0.1) is 6.92 Å². The molecule has 1 nitrogen and oxygen atoms in total. The molecule has 0 aromatic heterocycles. The number of aryl methyl sites for hydroxylation is 1. The van der Waals surface area contributed by atoms with Gasteiger partial charge >= 0.3 is 0 Å². The van der Waals surface area contributed by atoms with E-state index in [9.17, 15) is 4.39 Å². The topological polar surface area (TPSA) is 12.0 Å². The lowest BCUT2D eigenvalue weighted by atomic mass is 9.81. The van der Waals surface area contributed by atoms with Gasteiger partial charge in [0.25, 0.3) is 0 Å². The fourth-order valence-electron chi connectivity index (χ4n) is 4.24. The Morgan fingerprint density at radius 1 is 1.10 bits per heavy atom. The molecule has 1 aliphatic rings. The first-order valence-electron chi connectivity index (χ1n) is 11.0. The van der Waals surface area contributed by atoms with Crippen molar-refractivity contribution in [3.05, 3.63) is 94.7 Å². The number of fused-ring (bicyclic) bond motifs is 1. The number of hydrogen-bond acceptors (Lipinski definition) is 1. The number of hydrogen-bond donors (Lipinski definition) is 1. The van der Waals surface area contributed by atoms with E-state index in [0.29, 0.717) is 12.5 Å². The van der Waals surface area contributed by atoms with Crippen LogP contribution in [-0.2, 0) is 19.3 Å². The summed E-state index contributed by atoms with van der Waals surface area (Å²) in [7, 11) is 0. The molecule has 1 N–H and O–H groups in total. The molecule has 0 fully saturated rings. The SMILES string of the molecule is C=C(Cc1ccc2c(c1C)CC(c1ccc(CCCCF)cc1)=CC2=C)NC(C)C. The van der Waals surface area contributed by atoms with Crippen molar-refractivity contribution in [3.8, 4) is 0 Å². The lowest BCUT2D eigenvalue weighted by Gasteiger charge is -2.24. The molecule has 0 amide bonds. The molecular weight excluding hydrogens is 369 g/mol. The minimum atomic E-state index is -0.227. The molecule has 3 rings (SSSR count).